The summed E-state index contributed by atoms with van der Waals surface area (Å²) in [6, 6.07) is 4.51. The smallest absolute Gasteiger partial charge is 0.211 e. The minimum absolute atomic E-state index is 0.0211. The minimum atomic E-state index is -3.82. The number of nitrogens with zero attached hydrogens (tertiary/aromatic N) is 1. The average Bonchev–Trinajstić information content (AvgIpc) is 2.29. The van der Waals surface area contributed by atoms with Gasteiger partial charge in [0.1, 0.15) is 11.6 Å². The largest absolute Gasteiger partial charge is 0.228 e. The van der Waals surface area contributed by atoms with Crippen LogP contribution in [0.1, 0.15) is 18.9 Å². The Morgan fingerprint density at radius 2 is 2.11 bits per heavy atom. The highest BCUT2D eigenvalue weighted by molar-refractivity contribution is 7.90. The summed E-state index contributed by atoms with van der Waals surface area (Å²) in [6.07, 6.45) is 0.137. The first-order chi connectivity index (χ1) is 8.40. The zero-order chi connectivity index (χ0) is 13.8. The average molecular weight is 274 g/mol. The van der Waals surface area contributed by atoms with E-state index in [1.165, 1.54) is 0 Å². The quantitative estimate of drug-likeness (QED) is 0.888. The van der Waals surface area contributed by atoms with Gasteiger partial charge in [0.05, 0.1) is 6.07 Å². The van der Waals surface area contributed by atoms with Crippen molar-refractivity contribution < 1.29 is 17.2 Å². The lowest BCUT2D eigenvalue weighted by molar-refractivity contribution is 0.558. The third-order valence-corrected chi connectivity index (χ3v) is 4.10. The molecule has 0 saturated carbocycles. The van der Waals surface area contributed by atoms with Gasteiger partial charge >= 0.3 is 0 Å². The molecule has 1 N–H and O–H groups in total. The second kappa shape index (κ2) is 5.89. The number of hydrogen-bond donors (Lipinski definition) is 1. The van der Waals surface area contributed by atoms with Gasteiger partial charge in [0.2, 0.25) is 10.0 Å². The predicted octanol–water partition coefficient (Wildman–Crippen LogP) is 1.69. The zero-order valence-corrected chi connectivity index (χ0v) is 10.5. The first kappa shape index (κ1) is 14.5. The van der Waals surface area contributed by atoms with E-state index in [1.807, 2.05) is 0 Å². The van der Waals surface area contributed by atoms with Crippen LogP contribution >= 0.6 is 0 Å². The molecule has 0 amide bonds. The fourth-order valence-corrected chi connectivity index (χ4v) is 2.46. The topological polar surface area (TPSA) is 70.0 Å². The lowest BCUT2D eigenvalue weighted by Crippen LogP contribution is -2.32. The van der Waals surface area contributed by atoms with Crippen LogP contribution in [0.2, 0.25) is 0 Å². The SMILES string of the molecule is CCC(C#N)S(=O)(=O)NCc1ccc(F)cc1F. The highest BCUT2D eigenvalue weighted by Gasteiger charge is 2.23. The molecule has 0 aliphatic carbocycles. The summed E-state index contributed by atoms with van der Waals surface area (Å²) >= 11 is 0. The highest BCUT2D eigenvalue weighted by atomic mass is 32.2. The summed E-state index contributed by atoms with van der Waals surface area (Å²) in [5, 5.41) is 7.48. The second-order valence-electron chi connectivity index (χ2n) is 3.63. The molecule has 98 valence electrons. The molecule has 4 nitrogen and oxygen atoms in total. The summed E-state index contributed by atoms with van der Waals surface area (Å²) < 4.78 is 51.2. The molecular formula is C11H12F2N2O2S. The van der Waals surface area contributed by atoms with Gasteiger partial charge in [0, 0.05) is 18.2 Å². The molecule has 1 rings (SSSR count). The Morgan fingerprint density at radius 1 is 1.44 bits per heavy atom. The zero-order valence-electron chi connectivity index (χ0n) is 9.65. The Morgan fingerprint density at radius 3 is 2.61 bits per heavy atom. The van der Waals surface area contributed by atoms with Gasteiger partial charge in [-0.2, -0.15) is 5.26 Å². The van der Waals surface area contributed by atoms with Crippen molar-refractivity contribution in [1.82, 2.24) is 4.72 Å². The summed E-state index contributed by atoms with van der Waals surface area (Å²) in [4.78, 5) is 0. The molecule has 1 unspecified atom stereocenters. The van der Waals surface area contributed by atoms with Crippen molar-refractivity contribution in [2.24, 2.45) is 0 Å². The standard InChI is InChI=1S/C11H12F2N2O2S/c1-2-10(6-14)18(16,17)15-7-8-3-4-9(12)5-11(8)13/h3-5,10,15H,2,7H2,1H3. The predicted molar refractivity (Wildman–Crippen MR) is 61.8 cm³/mol. The van der Waals surface area contributed by atoms with Crippen molar-refractivity contribution in [2.75, 3.05) is 0 Å². The third-order valence-electron chi connectivity index (χ3n) is 2.37. The van der Waals surface area contributed by atoms with Gasteiger partial charge in [0.15, 0.2) is 5.25 Å². The van der Waals surface area contributed by atoms with Crippen LogP contribution in [0.5, 0.6) is 0 Å². The summed E-state index contributed by atoms with van der Waals surface area (Å²) in [5.74, 6) is -1.56. The Hall–Kier alpha value is -1.52. The van der Waals surface area contributed by atoms with Gasteiger partial charge in [-0.05, 0) is 12.5 Å². The molecule has 0 spiro atoms. The first-order valence-corrected chi connectivity index (χ1v) is 6.77. The first-order valence-electron chi connectivity index (χ1n) is 5.22. The van der Waals surface area contributed by atoms with Gasteiger partial charge in [-0.1, -0.05) is 13.0 Å². The van der Waals surface area contributed by atoms with Crippen LogP contribution in [-0.2, 0) is 16.6 Å². The molecule has 1 aromatic rings. The van der Waals surface area contributed by atoms with E-state index in [2.05, 4.69) is 4.72 Å². The van der Waals surface area contributed by atoms with Crippen LogP contribution in [0.15, 0.2) is 18.2 Å². The molecule has 1 aromatic carbocycles. The number of rotatable bonds is 5. The molecule has 0 aliphatic rings. The van der Waals surface area contributed by atoms with Crippen molar-refractivity contribution in [2.45, 2.75) is 25.1 Å². The molecule has 1 atom stereocenters. The van der Waals surface area contributed by atoms with E-state index < -0.39 is 26.9 Å². The van der Waals surface area contributed by atoms with Crippen molar-refractivity contribution in [3.05, 3.63) is 35.4 Å². The van der Waals surface area contributed by atoms with Crippen LogP contribution in [-0.4, -0.2) is 13.7 Å². The Labute approximate surface area is 104 Å². The second-order valence-corrected chi connectivity index (χ2v) is 5.58. The molecule has 0 aromatic heterocycles. The number of hydrogen-bond acceptors (Lipinski definition) is 3. The number of benzene rings is 1. The summed E-state index contributed by atoms with van der Waals surface area (Å²) in [7, 11) is -3.82. The molecule has 0 radical (unpaired) electrons. The molecule has 0 fully saturated rings. The number of sulfonamides is 1. The van der Waals surface area contributed by atoms with E-state index in [0.29, 0.717) is 6.07 Å². The molecule has 7 heteroatoms. The maximum absolute atomic E-state index is 13.3. The maximum atomic E-state index is 13.3. The van der Waals surface area contributed by atoms with E-state index in [-0.39, 0.29) is 18.5 Å². The van der Waals surface area contributed by atoms with Gasteiger partial charge in [-0.25, -0.2) is 21.9 Å². The fraction of sp³-hybridized carbons (Fsp3) is 0.364. The van der Waals surface area contributed by atoms with E-state index in [9.17, 15) is 17.2 Å². The number of nitrogens with one attached hydrogen (secondary N) is 1. The van der Waals surface area contributed by atoms with Crippen LogP contribution in [0.25, 0.3) is 0 Å². The van der Waals surface area contributed by atoms with Crippen LogP contribution in [0.3, 0.4) is 0 Å². The Bertz CT molecular complexity index is 567. The van der Waals surface area contributed by atoms with Crippen LogP contribution in [0, 0.1) is 23.0 Å². The molecule has 0 heterocycles. The number of halogens is 2. The lowest BCUT2D eigenvalue weighted by Gasteiger charge is -2.10. The molecule has 18 heavy (non-hydrogen) atoms. The lowest BCUT2D eigenvalue weighted by atomic mass is 10.2. The summed E-state index contributed by atoms with van der Waals surface area (Å²) in [6.45, 7) is 1.25. The van der Waals surface area contributed by atoms with Crippen LogP contribution in [0.4, 0.5) is 8.78 Å². The van der Waals surface area contributed by atoms with E-state index in [0.717, 1.165) is 12.1 Å². The van der Waals surface area contributed by atoms with Crippen molar-refractivity contribution in [1.29, 1.82) is 5.26 Å². The van der Waals surface area contributed by atoms with Gasteiger partial charge < -0.3 is 0 Å². The highest BCUT2D eigenvalue weighted by Crippen LogP contribution is 2.10. The minimum Gasteiger partial charge on any atom is -0.211 e. The monoisotopic (exact) mass is 274 g/mol. The number of nitriles is 1. The van der Waals surface area contributed by atoms with E-state index in [4.69, 9.17) is 5.26 Å². The van der Waals surface area contributed by atoms with Crippen LogP contribution < -0.4 is 4.72 Å². The van der Waals surface area contributed by atoms with Crippen molar-refractivity contribution in [3.8, 4) is 6.07 Å². The molecular weight excluding hydrogens is 262 g/mol. The van der Waals surface area contributed by atoms with E-state index in [1.54, 1.807) is 13.0 Å². The Kier molecular flexibility index (Phi) is 4.76. The third kappa shape index (κ3) is 3.48. The van der Waals surface area contributed by atoms with Gasteiger partial charge in [-0.15, -0.1) is 0 Å². The van der Waals surface area contributed by atoms with Gasteiger partial charge in [0.25, 0.3) is 0 Å². The van der Waals surface area contributed by atoms with Gasteiger partial charge in [-0.3, -0.25) is 0 Å². The van der Waals surface area contributed by atoms with Crippen molar-refractivity contribution in [3.63, 3.8) is 0 Å². The summed E-state index contributed by atoms with van der Waals surface area (Å²) in [5.41, 5.74) is 0.0211. The fourth-order valence-electron chi connectivity index (χ4n) is 1.32. The van der Waals surface area contributed by atoms with E-state index >= 15 is 0 Å². The molecule has 0 aliphatic heterocycles. The van der Waals surface area contributed by atoms with Crippen molar-refractivity contribution >= 4 is 10.0 Å². The maximum Gasteiger partial charge on any atom is 0.228 e. The molecule has 0 bridgehead atoms. The Balaban J connectivity index is 2.80. The molecule has 0 saturated heterocycles. The normalized spacial score (nSPS) is 13.0.